The Bertz CT molecular complexity index is 1130. The number of nitriles is 1. The summed E-state index contributed by atoms with van der Waals surface area (Å²) in [5.74, 6) is 0.852. The van der Waals surface area contributed by atoms with Crippen LogP contribution in [0.15, 0.2) is 48.5 Å². The maximum atomic E-state index is 13.0. The fourth-order valence-corrected chi connectivity index (χ4v) is 5.86. The maximum absolute atomic E-state index is 13.0. The van der Waals surface area contributed by atoms with E-state index in [9.17, 15) is 14.9 Å². The molecule has 2 aromatic rings. The molecule has 2 bridgehead atoms. The fraction of sp³-hybridized carbons (Fsp3) is 0.444. The summed E-state index contributed by atoms with van der Waals surface area (Å²) >= 11 is 0. The van der Waals surface area contributed by atoms with Crippen LogP contribution in [0.3, 0.4) is 0 Å². The summed E-state index contributed by atoms with van der Waals surface area (Å²) < 4.78 is 16.3. The second-order valence-corrected chi connectivity index (χ2v) is 9.99. The number of nitrogens with zero attached hydrogens (tertiary/aromatic N) is 2. The predicted octanol–water partition coefficient (Wildman–Crippen LogP) is 3.72. The number of benzene rings is 2. The third-order valence-electron chi connectivity index (χ3n) is 7.85. The molecule has 3 saturated carbocycles. The van der Waals surface area contributed by atoms with Crippen molar-refractivity contribution in [2.24, 2.45) is 10.8 Å². The van der Waals surface area contributed by atoms with Crippen molar-refractivity contribution in [3.8, 4) is 17.6 Å². The number of carbonyl (C=O) groups is 2. The molecule has 1 unspecified atom stereocenters. The first kappa shape index (κ1) is 22.3. The Kier molecular flexibility index (Phi) is 5.27. The smallest absolute Gasteiger partial charge is 0.317 e. The minimum atomic E-state index is -0.914. The molecule has 1 atom stereocenters. The Balaban J connectivity index is 1.24. The second kappa shape index (κ2) is 8.05. The summed E-state index contributed by atoms with van der Waals surface area (Å²) in [5, 5.41) is 9.25. The highest BCUT2D eigenvalue weighted by molar-refractivity contribution is 5.95. The molecule has 1 aliphatic heterocycles. The Morgan fingerprint density at radius 1 is 1.00 bits per heavy atom. The molecule has 34 heavy (non-hydrogen) atoms. The summed E-state index contributed by atoms with van der Waals surface area (Å²) in [6.45, 7) is 0.821. The molecule has 1 saturated heterocycles. The van der Waals surface area contributed by atoms with Crippen LogP contribution in [0, 0.1) is 22.2 Å². The molecule has 2 aromatic carbocycles. The first-order chi connectivity index (χ1) is 16.4. The largest absolute Gasteiger partial charge is 0.497 e. The number of hydrogen-bond acceptors (Lipinski definition) is 6. The molecule has 0 aromatic heterocycles. The van der Waals surface area contributed by atoms with Crippen LogP contribution in [0.1, 0.15) is 41.6 Å². The van der Waals surface area contributed by atoms with Gasteiger partial charge >= 0.3 is 5.97 Å². The van der Waals surface area contributed by atoms with Gasteiger partial charge in [-0.2, -0.15) is 5.26 Å². The Hall–Kier alpha value is -3.53. The van der Waals surface area contributed by atoms with E-state index in [-0.39, 0.29) is 35.9 Å². The van der Waals surface area contributed by atoms with E-state index in [0.29, 0.717) is 30.0 Å². The number of methoxy groups -OCH3 is 2. The molecule has 1 amide bonds. The van der Waals surface area contributed by atoms with Crippen molar-refractivity contribution in [3.63, 3.8) is 0 Å². The van der Waals surface area contributed by atoms with Gasteiger partial charge in [-0.25, -0.2) is 0 Å². The van der Waals surface area contributed by atoms with Gasteiger partial charge in [-0.05, 0) is 73.1 Å². The number of ether oxygens (including phenoxy) is 3. The average molecular weight is 461 g/mol. The van der Waals surface area contributed by atoms with E-state index >= 15 is 0 Å². The number of likely N-dealkylation sites (tertiary alicyclic amines) is 1. The molecule has 4 aliphatic rings. The van der Waals surface area contributed by atoms with E-state index in [1.54, 1.807) is 36.3 Å². The van der Waals surface area contributed by atoms with E-state index in [1.165, 1.54) is 12.7 Å². The zero-order chi connectivity index (χ0) is 24.0. The summed E-state index contributed by atoms with van der Waals surface area (Å²) in [4.78, 5) is 27.4. The number of rotatable bonds is 7. The SMILES string of the molecule is COC(=O)C1(COc2ccc(C34CC(C#N)(C3)C4)cc2)CCN(C(=O)c2ccc(OC)cc2)C1. The number of carbonyl (C=O) groups excluding carboxylic acids is 2. The molecule has 0 N–H and O–H groups in total. The van der Waals surface area contributed by atoms with Gasteiger partial charge in [-0.1, -0.05) is 12.1 Å². The highest BCUT2D eigenvalue weighted by Gasteiger charge is 2.68. The fourth-order valence-electron chi connectivity index (χ4n) is 5.86. The molecule has 0 radical (unpaired) electrons. The van der Waals surface area contributed by atoms with Crippen LogP contribution in [0.25, 0.3) is 0 Å². The van der Waals surface area contributed by atoms with Crippen molar-refractivity contribution in [3.05, 3.63) is 59.7 Å². The number of amides is 1. The van der Waals surface area contributed by atoms with E-state index < -0.39 is 5.41 Å². The molecule has 6 rings (SSSR count). The molecule has 4 fully saturated rings. The highest BCUT2D eigenvalue weighted by Crippen LogP contribution is 2.73. The normalized spacial score (nSPS) is 28.8. The van der Waals surface area contributed by atoms with Crippen LogP contribution in [0.5, 0.6) is 11.5 Å². The van der Waals surface area contributed by atoms with Crippen molar-refractivity contribution >= 4 is 11.9 Å². The van der Waals surface area contributed by atoms with Crippen LogP contribution in [0.2, 0.25) is 0 Å². The van der Waals surface area contributed by atoms with E-state index in [2.05, 4.69) is 18.2 Å². The minimum absolute atomic E-state index is 0.0837. The molecule has 3 aliphatic carbocycles. The van der Waals surface area contributed by atoms with Gasteiger partial charge < -0.3 is 19.1 Å². The van der Waals surface area contributed by atoms with Gasteiger partial charge in [-0.3, -0.25) is 9.59 Å². The van der Waals surface area contributed by atoms with Gasteiger partial charge in [0.25, 0.3) is 5.91 Å². The molecule has 7 heteroatoms. The zero-order valence-electron chi connectivity index (χ0n) is 19.5. The van der Waals surface area contributed by atoms with Gasteiger partial charge in [0.2, 0.25) is 0 Å². The summed E-state index contributed by atoms with van der Waals surface area (Å²) in [6, 6.07) is 17.4. The first-order valence-corrected chi connectivity index (χ1v) is 11.5. The van der Waals surface area contributed by atoms with Crippen molar-refractivity contribution < 1.29 is 23.8 Å². The number of hydrogen-bond donors (Lipinski definition) is 0. The van der Waals surface area contributed by atoms with Gasteiger partial charge in [0.1, 0.15) is 23.5 Å². The molecular formula is C27H28N2O5. The number of esters is 1. The molecule has 7 nitrogen and oxygen atoms in total. The second-order valence-electron chi connectivity index (χ2n) is 9.99. The van der Waals surface area contributed by atoms with E-state index in [4.69, 9.17) is 14.2 Å². The van der Waals surface area contributed by atoms with Crippen LogP contribution >= 0.6 is 0 Å². The van der Waals surface area contributed by atoms with Crippen LogP contribution in [-0.4, -0.2) is 50.7 Å². The lowest BCUT2D eigenvalue weighted by molar-refractivity contribution is -0.153. The first-order valence-electron chi connectivity index (χ1n) is 11.5. The van der Waals surface area contributed by atoms with Crippen molar-refractivity contribution in [1.82, 2.24) is 4.90 Å². The minimum Gasteiger partial charge on any atom is -0.497 e. The summed E-state index contributed by atoms with van der Waals surface area (Å²) in [5.41, 5.74) is 0.957. The van der Waals surface area contributed by atoms with Crippen molar-refractivity contribution in [2.45, 2.75) is 31.1 Å². The van der Waals surface area contributed by atoms with Gasteiger partial charge in [-0.15, -0.1) is 0 Å². The lowest BCUT2D eigenvalue weighted by Crippen LogP contribution is -2.63. The Labute approximate surface area is 199 Å². The van der Waals surface area contributed by atoms with Crippen molar-refractivity contribution in [2.75, 3.05) is 33.9 Å². The predicted molar refractivity (Wildman–Crippen MR) is 123 cm³/mol. The van der Waals surface area contributed by atoms with Crippen LogP contribution in [0.4, 0.5) is 0 Å². The highest BCUT2D eigenvalue weighted by atomic mass is 16.5. The molecular weight excluding hydrogens is 432 g/mol. The monoisotopic (exact) mass is 460 g/mol. The molecule has 176 valence electrons. The third kappa shape index (κ3) is 3.49. The summed E-state index contributed by atoms with van der Waals surface area (Å²) in [7, 11) is 2.94. The Morgan fingerprint density at radius 2 is 1.65 bits per heavy atom. The molecule has 0 spiro atoms. The lowest BCUT2D eigenvalue weighted by atomic mass is 9.34. The van der Waals surface area contributed by atoms with Crippen molar-refractivity contribution in [1.29, 1.82) is 5.26 Å². The quantitative estimate of drug-likeness (QED) is 0.585. The average Bonchev–Trinajstić information content (AvgIpc) is 3.27. The standard InChI is InChI=1S/C27H28N2O5/c1-32-21-7-3-19(4-8-21)23(30)29-12-11-26(17-29,24(31)33-2)18-34-22-9-5-20(6-10-22)27-13-25(14-27,15-27)16-28/h3-10H,11-15,17-18H2,1-2H3. The summed E-state index contributed by atoms with van der Waals surface area (Å²) in [6.07, 6.45) is 3.31. The lowest BCUT2D eigenvalue weighted by Gasteiger charge is -2.67. The van der Waals surface area contributed by atoms with Crippen LogP contribution in [-0.2, 0) is 14.9 Å². The van der Waals surface area contributed by atoms with Gasteiger partial charge in [0, 0.05) is 18.7 Å². The Morgan fingerprint density at radius 3 is 2.24 bits per heavy atom. The zero-order valence-corrected chi connectivity index (χ0v) is 19.5. The van der Waals surface area contributed by atoms with Gasteiger partial charge in [0.05, 0.1) is 25.7 Å². The van der Waals surface area contributed by atoms with E-state index in [1.807, 2.05) is 12.1 Å². The molecule has 1 heterocycles. The third-order valence-corrected chi connectivity index (χ3v) is 7.85. The van der Waals surface area contributed by atoms with E-state index in [0.717, 1.165) is 19.3 Å². The topological polar surface area (TPSA) is 88.9 Å². The van der Waals surface area contributed by atoms with Crippen LogP contribution < -0.4 is 9.47 Å². The maximum Gasteiger partial charge on any atom is 0.317 e. The van der Waals surface area contributed by atoms with Gasteiger partial charge in [0.15, 0.2) is 0 Å².